The molecule has 0 atom stereocenters. The predicted octanol–water partition coefficient (Wildman–Crippen LogP) is 1.57. The number of hydrogen-bond donors (Lipinski definition) is 1. The van der Waals surface area contributed by atoms with Gasteiger partial charge in [-0.1, -0.05) is 24.3 Å². The SMILES string of the molecule is O=C(O)CC1CN(C(=O)N2CCc3ccccc3C2)C1. The average Bonchev–Trinajstić information content (AvgIpc) is 2.41. The molecular weight excluding hydrogens is 256 g/mol. The molecule has 2 heterocycles. The van der Waals surface area contributed by atoms with Crippen molar-refractivity contribution in [2.75, 3.05) is 19.6 Å². The Bertz CT molecular complexity index is 538. The molecule has 2 amide bonds. The number of carbonyl (C=O) groups is 2. The first-order chi connectivity index (χ1) is 9.63. The van der Waals surface area contributed by atoms with Gasteiger partial charge < -0.3 is 14.9 Å². The number of carbonyl (C=O) groups excluding carboxylic acids is 1. The fourth-order valence-electron chi connectivity index (χ4n) is 2.96. The highest BCUT2D eigenvalue weighted by molar-refractivity contribution is 5.76. The van der Waals surface area contributed by atoms with Crippen molar-refractivity contribution in [1.29, 1.82) is 0 Å². The molecule has 0 aliphatic carbocycles. The normalized spacial score (nSPS) is 18.4. The van der Waals surface area contributed by atoms with Crippen LogP contribution in [0.2, 0.25) is 0 Å². The highest BCUT2D eigenvalue weighted by atomic mass is 16.4. The quantitative estimate of drug-likeness (QED) is 0.890. The van der Waals surface area contributed by atoms with Crippen LogP contribution in [0.15, 0.2) is 24.3 Å². The number of nitrogens with zero attached hydrogens (tertiary/aromatic N) is 2. The summed E-state index contributed by atoms with van der Waals surface area (Å²) < 4.78 is 0. The lowest BCUT2D eigenvalue weighted by atomic mass is 9.96. The fraction of sp³-hybridized carbons (Fsp3) is 0.467. The highest BCUT2D eigenvalue weighted by Gasteiger charge is 2.35. The van der Waals surface area contributed by atoms with Crippen molar-refractivity contribution in [2.24, 2.45) is 5.92 Å². The maximum atomic E-state index is 12.3. The van der Waals surface area contributed by atoms with Crippen LogP contribution in [-0.4, -0.2) is 46.5 Å². The maximum absolute atomic E-state index is 12.3. The summed E-state index contributed by atoms with van der Waals surface area (Å²) in [7, 11) is 0. The number of fused-ring (bicyclic) bond motifs is 1. The molecule has 1 saturated heterocycles. The Morgan fingerprint density at radius 1 is 1.15 bits per heavy atom. The smallest absolute Gasteiger partial charge is 0.320 e. The van der Waals surface area contributed by atoms with Gasteiger partial charge in [-0.2, -0.15) is 0 Å². The van der Waals surface area contributed by atoms with E-state index in [4.69, 9.17) is 5.11 Å². The molecule has 1 aromatic carbocycles. The summed E-state index contributed by atoms with van der Waals surface area (Å²) in [4.78, 5) is 26.5. The average molecular weight is 274 g/mol. The molecule has 20 heavy (non-hydrogen) atoms. The molecule has 5 heteroatoms. The van der Waals surface area contributed by atoms with Crippen LogP contribution in [0.25, 0.3) is 0 Å². The molecule has 0 unspecified atom stereocenters. The Morgan fingerprint density at radius 2 is 1.85 bits per heavy atom. The van der Waals surface area contributed by atoms with Crippen LogP contribution in [0.3, 0.4) is 0 Å². The fourth-order valence-corrected chi connectivity index (χ4v) is 2.96. The topological polar surface area (TPSA) is 60.9 Å². The van der Waals surface area contributed by atoms with Crippen LogP contribution in [0, 0.1) is 5.92 Å². The van der Waals surface area contributed by atoms with Crippen LogP contribution in [-0.2, 0) is 17.8 Å². The molecule has 0 spiro atoms. The number of amides is 2. The number of rotatable bonds is 2. The van der Waals surface area contributed by atoms with Crippen molar-refractivity contribution in [1.82, 2.24) is 9.80 Å². The van der Waals surface area contributed by atoms with E-state index in [2.05, 4.69) is 12.1 Å². The summed E-state index contributed by atoms with van der Waals surface area (Å²) in [6, 6.07) is 8.25. The molecule has 5 nitrogen and oxygen atoms in total. The first kappa shape index (κ1) is 13.0. The molecule has 0 saturated carbocycles. The van der Waals surface area contributed by atoms with Gasteiger partial charge in [-0.15, -0.1) is 0 Å². The number of aliphatic carboxylic acids is 1. The lowest BCUT2D eigenvalue weighted by Gasteiger charge is -2.42. The number of benzene rings is 1. The zero-order chi connectivity index (χ0) is 14.1. The van der Waals surface area contributed by atoms with E-state index in [0.717, 1.165) is 13.0 Å². The van der Waals surface area contributed by atoms with Crippen molar-refractivity contribution in [3.05, 3.63) is 35.4 Å². The van der Waals surface area contributed by atoms with Crippen molar-refractivity contribution in [2.45, 2.75) is 19.4 Å². The third-order valence-corrected chi connectivity index (χ3v) is 4.09. The van der Waals surface area contributed by atoms with Gasteiger partial charge in [0.05, 0.1) is 6.42 Å². The van der Waals surface area contributed by atoms with Gasteiger partial charge in [0.2, 0.25) is 0 Å². The molecule has 3 rings (SSSR count). The lowest BCUT2D eigenvalue weighted by Crippen LogP contribution is -2.55. The van der Waals surface area contributed by atoms with E-state index in [1.165, 1.54) is 11.1 Å². The molecule has 2 aliphatic heterocycles. The van der Waals surface area contributed by atoms with Crippen LogP contribution >= 0.6 is 0 Å². The van der Waals surface area contributed by atoms with E-state index >= 15 is 0 Å². The lowest BCUT2D eigenvalue weighted by molar-refractivity contribution is -0.139. The Morgan fingerprint density at radius 3 is 2.55 bits per heavy atom. The Balaban J connectivity index is 1.57. The van der Waals surface area contributed by atoms with Gasteiger partial charge in [-0.05, 0) is 17.5 Å². The summed E-state index contributed by atoms with van der Waals surface area (Å²) >= 11 is 0. The Labute approximate surface area is 117 Å². The van der Waals surface area contributed by atoms with Crippen molar-refractivity contribution >= 4 is 12.0 Å². The molecule has 0 bridgehead atoms. The summed E-state index contributed by atoms with van der Waals surface area (Å²) in [6.07, 6.45) is 1.06. The summed E-state index contributed by atoms with van der Waals surface area (Å²) in [6.45, 7) is 2.55. The molecule has 1 fully saturated rings. The van der Waals surface area contributed by atoms with E-state index in [0.29, 0.717) is 19.6 Å². The van der Waals surface area contributed by atoms with Gasteiger partial charge in [-0.25, -0.2) is 4.79 Å². The number of carboxylic acid groups (broad SMARTS) is 1. The van der Waals surface area contributed by atoms with E-state index in [9.17, 15) is 9.59 Å². The highest BCUT2D eigenvalue weighted by Crippen LogP contribution is 2.24. The zero-order valence-electron chi connectivity index (χ0n) is 11.3. The van der Waals surface area contributed by atoms with Gasteiger partial charge in [0.25, 0.3) is 0 Å². The minimum atomic E-state index is -0.783. The summed E-state index contributed by atoms with van der Waals surface area (Å²) in [5.74, 6) is -0.664. The molecule has 2 aliphatic rings. The minimum Gasteiger partial charge on any atom is -0.481 e. The number of likely N-dealkylation sites (tertiary alicyclic amines) is 1. The van der Waals surface area contributed by atoms with Gasteiger partial charge in [0.1, 0.15) is 0 Å². The molecule has 1 aromatic rings. The maximum Gasteiger partial charge on any atom is 0.320 e. The van der Waals surface area contributed by atoms with Crippen molar-refractivity contribution in [3.8, 4) is 0 Å². The van der Waals surface area contributed by atoms with Crippen molar-refractivity contribution in [3.63, 3.8) is 0 Å². The second-order valence-electron chi connectivity index (χ2n) is 5.59. The monoisotopic (exact) mass is 274 g/mol. The summed E-state index contributed by atoms with van der Waals surface area (Å²) in [5.41, 5.74) is 2.54. The number of hydrogen-bond acceptors (Lipinski definition) is 2. The van der Waals surface area contributed by atoms with Gasteiger partial charge in [0.15, 0.2) is 0 Å². The zero-order valence-corrected chi connectivity index (χ0v) is 11.3. The first-order valence-electron chi connectivity index (χ1n) is 6.96. The largest absolute Gasteiger partial charge is 0.481 e. The third kappa shape index (κ3) is 2.48. The van der Waals surface area contributed by atoms with E-state index in [1.807, 2.05) is 17.0 Å². The molecule has 0 aromatic heterocycles. The van der Waals surface area contributed by atoms with Crippen LogP contribution in [0.1, 0.15) is 17.5 Å². The van der Waals surface area contributed by atoms with E-state index < -0.39 is 5.97 Å². The summed E-state index contributed by atoms with van der Waals surface area (Å²) in [5, 5.41) is 8.72. The van der Waals surface area contributed by atoms with Gasteiger partial charge in [-0.3, -0.25) is 4.79 Å². The standard InChI is InChI=1S/C15H18N2O3/c18-14(19)7-11-8-17(9-11)15(20)16-6-5-12-3-1-2-4-13(12)10-16/h1-4,11H,5-10H2,(H,18,19). The molecule has 1 N–H and O–H groups in total. The van der Waals surface area contributed by atoms with Crippen LogP contribution in [0.4, 0.5) is 4.79 Å². The second kappa shape index (κ2) is 5.15. The molecule has 106 valence electrons. The third-order valence-electron chi connectivity index (χ3n) is 4.09. The van der Waals surface area contributed by atoms with Crippen molar-refractivity contribution < 1.29 is 14.7 Å². The molecular formula is C15H18N2O3. The van der Waals surface area contributed by atoms with Crippen LogP contribution < -0.4 is 0 Å². The Kier molecular flexibility index (Phi) is 3.34. The number of urea groups is 1. The first-order valence-corrected chi connectivity index (χ1v) is 6.96. The van der Waals surface area contributed by atoms with E-state index in [-0.39, 0.29) is 18.4 Å². The number of carboxylic acids is 1. The second-order valence-corrected chi connectivity index (χ2v) is 5.59. The minimum absolute atomic E-state index is 0.0427. The van der Waals surface area contributed by atoms with E-state index in [1.54, 1.807) is 4.90 Å². The predicted molar refractivity (Wildman–Crippen MR) is 73.3 cm³/mol. The Hall–Kier alpha value is -2.04. The van der Waals surface area contributed by atoms with Crippen LogP contribution in [0.5, 0.6) is 0 Å². The van der Waals surface area contributed by atoms with Gasteiger partial charge in [0, 0.05) is 32.1 Å². The van der Waals surface area contributed by atoms with Gasteiger partial charge >= 0.3 is 12.0 Å². The molecule has 0 radical (unpaired) electrons.